The Morgan fingerprint density at radius 1 is 1.53 bits per heavy atom. The first-order chi connectivity index (χ1) is 9.13. The fraction of sp³-hybridized carbons (Fsp3) is 0.429. The molecular weight excluding hydrogens is 240 g/mol. The van der Waals surface area contributed by atoms with Gasteiger partial charge in [0.25, 0.3) is 5.91 Å². The van der Waals surface area contributed by atoms with Crippen molar-refractivity contribution in [2.45, 2.75) is 38.1 Å². The molecule has 1 saturated carbocycles. The van der Waals surface area contributed by atoms with Gasteiger partial charge in [0.1, 0.15) is 0 Å². The first-order valence-electron chi connectivity index (χ1n) is 6.70. The van der Waals surface area contributed by atoms with Crippen molar-refractivity contribution in [1.29, 1.82) is 0 Å². The molecule has 5 heteroatoms. The van der Waals surface area contributed by atoms with Gasteiger partial charge in [-0.3, -0.25) is 9.89 Å². The Kier molecular flexibility index (Phi) is 2.69. The smallest absolute Gasteiger partial charge is 0.272 e. The van der Waals surface area contributed by atoms with Crippen LogP contribution < -0.4 is 11.1 Å². The normalized spacial score (nSPS) is 17.1. The van der Waals surface area contributed by atoms with E-state index >= 15 is 0 Å². The molecule has 1 heterocycles. The van der Waals surface area contributed by atoms with E-state index in [1.165, 1.54) is 6.42 Å². The average molecular weight is 258 g/mol. The summed E-state index contributed by atoms with van der Waals surface area (Å²) in [5, 5.41) is 10.9. The maximum absolute atomic E-state index is 12.4. The number of anilines is 1. The molecule has 1 fully saturated rings. The SMILES string of the molecule is CCC1(NC(=O)c2n[nH]c3ccc(N)cc23)CCC1. The van der Waals surface area contributed by atoms with Crippen LogP contribution in [-0.4, -0.2) is 21.6 Å². The Morgan fingerprint density at radius 2 is 2.32 bits per heavy atom. The van der Waals surface area contributed by atoms with Gasteiger partial charge in [-0.25, -0.2) is 0 Å². The number of rotatable bonds is 3. The fourth-order valence-electron chi connectivity index (χ4n) is 2.68. The van der Waals surface area contributed by atoms with Crippen LogP contribution in [0.1, 0.15) is 43.1 Å². The van der Waals surface area contributed by atoms with Crippen molar-refractivity contribution in [3.8, 4) is 0 Å². The zero-order chi connectivity index (χ0) is 13.5. The number of carbonyl (C=O) groups excluding carboxylic acids is 1. The molecule has 1 aromatic heterocycles. The second-order valence-corrected chi connectivity index (χ2v) is 5.32. The number of nitrogens with one attached hydrogen (secondary N) is 2. The largest absolute Gasteiger partial charge is 0.399 e. The lowest BCUT2D eigenvalue weighted by atomic mass is 9.75. The Morgan fingerprint density at radius 3 is 2.95 bits per heavy atom. The van der Waals surface area contributed by atoms with E-state index in [0.29, 0.717) is 11.4 Å². The van der Waals surface area contributed by atoms with E-state index in [0.717, 1.165) is 30.2 Å². The van der Waals surface area contributed by atoms with Gasteiger partial charge in [-0.15, -0.1) is 0 Å². The molecule has 3 rings (SSSR count). The van der Waals surface area contributed by atoms with E-state index in [4.69, 9.17) is 5.73 Å². The molecule has 0 unspecified atom stereocenters. The van der Waals surface area contributed by atoms with Gasteiger partial charge in [0.05, 0.1) is 5.52 Å². The van der Waals surface area contributed by atoms with Crippen molar-refractivity contribution < 1.29 is 4.79 Å². The number of aromatic amines is 1. The highest BCUT2D eigenvalue weighted by atomic mass is 16.2. The predicted octanol–water partition coefficient (Wildman–Crippen LogP) is 2.21. The summed E-state index contributed by atoms with van der Waals surface area (Å²) in [4.78, 5) is 12.4. The third-order valence-electron chi connectivity index (χ3n) is 4.17. The number of hydrogen-bond acceptors (Lipinski definition) is 3. The number of nitrogen functional groups attached to an aromatic ring is 1. The lowest BCUT2D eigenvalue weighted by Crippen LogP contribution is -2.53. The van der Waals surface area contributed by atoms with E-state index in [9.17, 15) is 4.79 Å². The molecule has 5 nitrogen and oxygen atoms in total. The number of H-pyrrole nitrogens is 1. The molecular formula is C14H18N4O. The van der Waals surface area contributed by atoms with E-state index in [2.05, 4.69) is 22.4 Å². The molecule has 0 saturated heterocycles. The minimum atomic E-state index is -0.113. The Bertz CT molecular complexity index is 622. The van der Waals surface area contributed by atoms with E-state index < -0.39 is 0 Å². The van der Waals surface area contributed by atoms with E-state index in [1.54, 1.807) is 12.1 Å². The molecule has 0 bridgehead atoms. The number of nitrogens with zero attached hydrogens (tertiary/aromatic N) is 1. The number of amides is 1. The third-order valence-corrected chi connectivity index (χ3v) is 4.17. The third kappa shape index (κ3) is 1.95. The highest BCUT2D eigenvalue weighted by Crippen LogP contribution is 2.35. The monoisotopic (exact) mass is 258 g/mol. The highest BCUT2D eigenvalue weighted by Gasteiger charge is 2.37. The van der Waals surface area contributed by atoms with Crippen molar-refractivity contribution in [1.82, 2.24) is 15.5 Å². The molecule has 0 atom stereocenters. The summed E-state index contributed by atoms with van der Waals surface area (Å²) in [5.41, 5.74) is 7.64. The predicted molar refractivity (Wildman–Crippen MR) is 74.8 cm³/mol. The molecule has 0 aliphatic heterocycles. The number of nitrogens with two attached hydrogens (primary N) is 1. The van der Waals surface area contributed by atoms with Crippen LogP contribution in [0.4, 0.5) is 5.69 Å². The summed E-state index contributed by atoms with van der Waals surface area (Å²) in [7, 11) is 0. The summed E-state index contributed by atoms with van der Waals surface area (Å²) in [5.74, 6) is -0.113. The molecule has 1 amide bonds. The van der Waals surface area contributed by atoms with Crippen LogP contribution in [0.2, 0.25) is 0 Å². The first kappa shape index (κ1) is 12.0. The number of hydrogen-bond donors (Lipinski definition) is 3. The number of aromatic nitrogens is 2. The van der Waals surface area contributed by atoms with Gasteiger partial charge in [0.15, 0.2) is 5.69 Å². The van der Waals surface area contributed by atoms with Crippen LogP contribution >= 0.6 is 0 Å². The van der Waals surface area contributed by atoms with Gasteiger partial charge in [-0.05, 0) is 43.9 Å². The van der Waals surface area contributed by atoms with Crippen molar-refractivity contribution in [3.63, 3.8) is 0 Å². The maximum atomic E-state index is 12.4. The minimum Gasteiger partial charge on any atom is -0.399 e. The topological polar surface area (TPSA) is 83.8 Å². The average Bonchev–Trinajstić information content (AvgIpc) is 2.76. The molecule has 2 aromatic rings. The lowest BCUT2D eigenvalue weighted by molar-refractivity contribution is 0.0817. The standard InChI is InChI=1S/C14H18N4O/c1-2-14(6-3-7-14)16-13(19)12-10-8-9(15)4-5-11(10)17-18-12/h4-5,8H,2-3,6-7,15H2,1H3,(H,16,19)(H,17,18). The van der Waals surface area contributed by atoms with Crippen LogP contribution in [0.3, 0.4) is 0 Å². The Hall–Kier alpha value is -2.04. The fourth-order valence-corrected chi connectivity index (χ4v) is 2.68. The maximum Gasteiger partial charge on any atom is 0.272 e. The van der Waals surface area contributed by atoms with E-state index in [1.807, 2.05) is 6.07 Å². The number of carbonyl (C=O) groups is 1. The van der Waals surface area contributed by atoms with Crippen LogP contribution in [-0.2, 0) is 0 Å². The van der Waals surface area contributed by atoms with Gasteiger partial charge < -0.3 is 11.1 Å². The molecule has 19 heavy (non-hydrogen) atoms. The van der Waals surface area contributed by atoms with Gasteiger partial charge in [-0.2, -0.15) is 5.10 Å². The van der Waals surface area contributed by atoms with E-state index in [-0.39, 0.29) is 11.4 Å². The van der Waals surface area contributed by atoms with Crippen LogP contribution in [0.5, 0.6) is 0 Å². The van der Waals surface area contributed by atoms with Crippen LogP contribution in [0, 0.1) is 0 Å². The zero-order valence-corrected chi connectivity index (χ0v) is 11.0. The summed E-state index contributed by atoms with van der Waals surface area (Å²) in [6, 6.07) is 5.42. The highest BCUT2D eigenvalue weighted by molar-refractivity contribution is 6.05. The summed E-state index contributed by atoms with van der Waals surface area (Å²) < 4.78 is 0. The number of benzene rings is 1. The second kappa shape index (κ2) is 4.26. The summed E-state index contributed by atoms with van der Waals surface area (Å²) in [6.45, 7) is 2.11. The molecule has 4 N–H and O–H groups in total. The Labute approximate surface area is 111 Å². The van der Waals surface area contributed by atoms with Crippen molar-refractivity contribution >= 4 is 22.5 Å². The van der Waals surface area contributed by atoms with Gasteiger partial charge in [0.2, 0.25) is 0 Å². The molecule has 0 spiro atoms. The van der Waals surface area contributed by atoms with Crippen molar-refractivity contribution in [3.05, 3.63) is 23.9 Å². The van der Waals surface area contributed by atoms with Gasteiger partial charge in [0, 0.05) is 16.6 Å². The van der Waals surface area contributed by atoms with Gasteiger partial charge >= 0.3 is 0 Å². The summed E-state index contributed by atoms with van der Waals surface area (Å²) >= 11 is 0. The van der Waals surface area contributed by atoms with Crippen molar-refractivity contribution in [2.24, 2.45) is 0 Å². The molecule has 1 aliphatic carbocycles. The summed E-state index contributed by atoms with van der Waals surface area (Å²) in [6.07, 6.45) is 4.26. The molecule has 0 radical (unpaired) electrons. The van der Waals surface area contributed by atoms with Crippen molar-refractivity contribution in [2.75, 3.05) is 5.73 Å². The van der Waals surface area contributed by atoms with Crippen LogP contribution in [0.25, 0.3) is 10.9 Å². The first-order valence-corrected chi connectivity index (χ1v) is 6.70. The number of fused-ring (bicyclic) bond motifs is 1. The molecule has 1 aliphatic rings. The Balaban J connectivity index is 1.91. The lowest BCUT2D eigenvalue weighted by Gasteiger charge is -2.41. The van der Waals surface area contributed by atoms with Crippen LogP contribution in [0.15, 0.2) is 18.2 Å². The quantitative estimate of drug-likeness (QED) is 0.738. The van der Waals surface area contributed by atoms with Gasteiger partial charge in [-0.1, -0.05) is 6.92 Å². The molecule has 100 valence electrons. The minimum absolute atomic E-state index is 0.0251. The zero-order valence-electron chi connectivity index (χ0n) is 11.0. The second-order valence-electron chi connectivity index (χ2n) is 5.32. The molecule has 1 aromatic carbocycles.